The summed E-state index contributed by atoms with van der Waals surface area (Å²) in [5.74, 6) is -0.231. The van der Waals surface area contributed by atoms with Gasteiger partial charge in [-0.1, -0.05) is 11.6 Å². The minimum atomic E-state index is -0.381. The van der Waals surface area contributed by atoms with Crippen LogP contribution in [0.15, 0.2) is 24.3 Å². The molecule has 1 aromatic carbocycles. The summed E-state index contributed by atoms with van der Waals surface area (Å²) in [6.45, 7) is 0.409. The molecule has 1 fully saturated rings. The maximum absolute atomic E-state index is 11.5. The monoisotopic (exact) mass is 224 g/mol. The Bertz CT molecular complexity index is 402. The van der Waals surface area contributed by atoms with Crippen LogP contribution in [0.3, 0.4) is 0 Å². The number of hydrogen-bond acceptors (Lipinski definition) is 2. The van der Waals surface area contributed by atoms with Crippen LogP contribution in [0, 0.1) is 0 Å². The third kappa shape index (κ3) is 2.10. The molecule has 1 N–H and O–H groups in total. The van der Waals surface area contributed by atoms with Crippen molar-refractivity contribution in [3.8, 4) is 0 Å². The van der Waals surface area contributed by atoms with Crippen LogP contribution in [0.5, 0.6) is 0 Å². The number of hydrogen-bond donors (Lipinski definition) is 1. The molecule has 1 heterocycles. The van der Waals surface area contributed by atoms with Gasteiger partial charge in [-0.25, -0.2) is 4.79 Å². The average molecular weight is 225 g/mol. The van der Waals surface area contributed by atoms with Crippen LogP contribution in [-0.4, -0.2) is 18.5 Å². The van der Waals surface area contributed by atoms with Crippen LogP contribution in [0.1, 0.15) is 6.42 Å². The fourth-order valence-corrected chi connectivity index (χ4v) is 1.56. The standard InChI is InChI=1S/C10H9ClN2O2/c11-7-1-3-8(4-2-7)13-6-5-9(14)12-10(13)15/h1-4H,5-6H2,(H,12,14,15). The zero-order valence-corrected chi connectivity index (χ0v) is 8.62. The first-order valence-electron chi connectivity index (χ1n) is 4.54. The summed E-state index contributed by atoms with van der Waals surface area (Å²) in [6, 6.07) is 6.53. The van der Waals surface area contributed by atoms with E-state index in [4.69, 9.17) is 11.6 Å². The van der Waals surface area contributed by atoms with Crippen LogP contribution < -0.4 is 10.2 Å². The van der Waals surface area contributed by atoms with E-state index in [2.05, 4.69) is 5.32 Å². The predicted octanol–water partition coefficient (Wildman–Crippen LogP) is 1.79. The fourth-order valence-electron chi connectivity index (χ4n) is 1.43. The average Bonchev–Trinajstić information content (AvgIpc) is 2.20. The molecule has 0 atom stereocenters. The highest BCUT2D eigenvalue weighted by molar-refractivity contribution is 6.30. The van der Waals surface area contributed by atoms with Crippen LogP contribution in [0.25, 0.3) is 0 Å². The smallest absolute Gasteiger partial charge is 0.294 e. The van der Waals surface area contributed by atoms with Gasteiger partial charge in [0.15, 0.2) is 0 Å². The molecule has 0 saturated carbocycles. The van der Waals surface area contributed by atoms with Crippen molar-refractivity contribution in [3.05, 3.63) is 29.3 Å². The van der Waals surface area contributed by atoms with Crippen molar-refractivity contribution in [1.82, 2.24) is 5.32 Å². The first-order chi connectivity index (χ1) is 7.16. The van der Waals surface area contributed by atoms with Crippen molar-refractivity contribution < 1.29 is 9.59 Å². The summed E-state index contributed by atoms with van der Waals surface area (Å²) in [6.07, 6.45) is 0.328. The van der Waals surface area contributed by atoms with Crippen LogP contribution in [0.2, 0.25) is 5.02 Å². The number of urea groups is 1. The summed E-state index contributed by atoms with van der Waals surface area (Å²) in [5, 5.41) is 2.88. The van der Waals surface area contributed by atoms with E-state index in [1.807, 2.05) is 0 Å². The molecule has 4 nitrogen and oxygen atoms in total. The van der Waals surface area contributed by atoms with E-state index in [1.54, 1.807) is 24.3 Å². The summed E-state index contributed by atoms with van der Waals surface area (Å²) in [7, 11) is 0. The molecule has 1 aliphatic rings. The highest BCUT2D eigenvalue weighted by Crippen LogP contribution is 2.19. The van der Waals surface area contributed by atoms with E-state index in [0.717, 1.165) is 5.69 Å². The molecule has 0 unspecified atom stereocenters. The fraction of sp³-hybridized carbons (Fsp3) is 0.200. The molecule has 0 aromatic heterocycles. The highest BCUT2D eigenvalue weighted by Gasteiger charge is 2.23. The molecule has 3 amide bonds. The van der Waals surface area contributed by atoms with Crippen LogP contribution in [-0.2, 0) is 4.79 Å². The van der Waals surface area contributed by atoms with E-state index in [-0.39, 0.29) is 11.9 Å². The number of imide groups is 1. The van der Waals surface area contributed by atoms with Gasteiger partial charge in [-0.3, -0.25) is 15.0 Å². The number of nitrogens with one attached hydrogen (secondary N) is 1. The third-order valence-corrected chi connectivity index (χ3v) is 2.44. The van der Waals surface area contributed by atoms with Crippen LogP contribution >= 0.6 is 11.6 Å². The van der Waals surface area contributed by atoms with E-state index in [0.29, 0.717) is 18.0 Å². The number of halogens is 1. The van der Waals surface area contributed by atoms with Crippen molar-refractivity contribution in [1.29, 1.82) is 0 Å². The maximum Gasteiger partial charge on any atom is 0.328 e. The maximum atomic E-state index is 11.5. The Balaban J connectivity index is 2.20. The summed E-state index contributed by atoms with van der Waals surface area (Å²) in [5.41, 5.74) is 0.740. The van der Waals surface area contributed by atoms with Gasteiger partial charge in [0.25, 0.3) is 0 Å². The van der Waals surface area contributed by atoms with Gasteiger partial charge >= 0.3 is 6.03 Å². The van der Waals surface area contributed by atoms with E-state index >= 15 is 0 Å². The first kappa shape index (κ1) is 9.98. The van der Waals surface area contributed by atoms with E-state index in [9.17, 15) is 9.59 Å². The van der Waals surface area contributed by atoms with Gasteiger partial charge in [-0.2, -0.15) is 0 Å². The molecule has 0 bridgehead atoms. The van der Waals surface area contributed by atoms with Crippen molar-refractivity contribution in [3.63, 3.8) is 0 Å². The van der Waals surface area contributed by atoms with E-state index in [1.165, 1.54) is 4.90 Å². The van der Waals surface area contributed by atoms with Gasteiger partial charge in [0, 0.05) is 23.7 Å². The number of carbonyl (C=O) groups excluding carboxylic acids is 2. The predicted molar refractivity (Wildman–Crippen MR) is 57.0 cm³/mol. The summed E-state index contributed by atoms with van der Waals surface area (Å²) in [4.78, 5) is 23.9. The lowest BCUT2D eigenvalue weighted by molar-refractivity contribution is -0.120. The first-order valence-corrected chi connectivity index (χ1v) is 4.91. The number of carbonyl (C=O) groups is 2. The second-order valence-electron chi connectivity index (χ2n) is 3.23. The summed E-state index contributed by atoms with van der Waals surface area (Å²) >= 11 is 5.74. The topological polar surface area (TPSA) is 49.4 Å². The molecule has 1 aromatic rings. The lowest BCUT2D eigenvalue weighted by Crippen LogP contribution is -2.49. The Hall–Kier alpha value is -1.55. The quantitative estimate of drug-likeness (QED) is 0.791. The van der Waals surface area contributed by atoms with Gasteiger partial charge in [0.1, 0.15) is 0 Å². The minimum absolute atomic E-state index is 0.231. The number of benzene rings is 1. The molecule has 2 rings (SSSR count). The lowest BCUT2D eigenvalue weighted by Gasteiger charge is -2.26. The normalized spacial score (nSPS) is 16.5. The zero-order valence-electron chi connectivity index (χ0n) is 7.87. The molecule has 5 heteroatoms. The minimum Gasteiger partial charge on any atom is -0.294 e. The third-order valence-electron chi connectivity index (χ3n) is 2.19. The molecular formula is C10H9ClN2O2. The van der Waals surface area contributed by atoms with Crippen molar-refractivity contribution in [2.45, 2.75) is 6.42 Å². The Labute approximate surface area is 91.8 Å². The largest absolute Gasteiger partial charge is 0.328 e. The number of rotatable bonds is 1. The molecular weight excluding hydrogens is 216 g/mol. The van der Waals surface area contributed by atoms with Crippen molar-refractivity contribution >= 4 is 29.2 Å². The molecule has 0 spiro atoms. The van der Waals surface area contributed by atoms with Gasteiger partial charge < -0.3 is 0 Å². The molecule has 15 heavy (non-hydrogen) atoms. The zero-order chi connectivity index (χ0) is 10.8. The van der Waals surface area contributed by atoms with E-state index < -0.39 is 0 Å². The molecule has 1 aliphatic heterocycles. The molecule has 1 saturated heterocycles. The van der Waals surface area contributed by atoms with Crippen LogP contribution in [0.4, 0.5) is 10.5 Å². The Morgan fingerprint density at radius 1 is 1.20 bits per heavy atom. The summed E-state index contributed by atoms with van der Waals surface area (Å²) < 4.78 is 0. The van der Waals surface area contributed by atoms with Crippen molar-refractivity contribution in [2.75, 3.05) is 11.4 Å². The van der Waals surface area contributed by atoms with Gasteiger partial charge in [-0.15, -0.1) is 0 Å². The number of anilines is 1. The molecule has 0 radical (unpaired) electrons. The highest BCUT2D eigenvalue weighted by atomic mass is 35.5. The van der Waals surface area contributed by atoms with Gasteiger partial charge in [0.2, 0.25) is 5.91 Å². The SMILES string of the molecule is O=C1CCN(c2ccc(Cl)cc2)C(=O)N1. The number of nitrogens with zero attached hydrogens (tertiary/aromatic N) is 1. The lowest BCUT2D eigenvalue weighted by atomic mass is 10.2. The molecule has 0 aliphatic carbocycles. The van der Waals surface area contributed by atoms with Crippen molar-refractivity contribution in [2.24, 2.45) is 0 Å². The van der Waals surface area contributed by atoms with Gasteiger partial charge in [0.05, 0.1) is 0 Å². The molecule has 78 valence electrons. The Kier molecular flexibility index (Phi) is 2.60. The van der Waals surface area contributed by atoms with Gasteiger partial charge in [-0.05, 0) is 24.3 Å². The Morgan fingerprint density at radius 2 is 1.87 bits per heavy atom. The second-order valence-corrected chi connectivity index (χ2v) is 3.67. The Morgan fingerprint density at radius 3 is 2.47 bits per heavy atom. The second kappa shape index (κ2) is 3.90. The number of amides is 3.